The molecule has 6 heteroatoms. The van der Waals surface area contributed by atoms with Gasteiger partial charge in [0.05, 0.1) is 10.6 Å². The van der Waals surface area contributed by atoms with E-state index in [1.165, 1.54) is 19.2 Å². The number of amides is 1. The lowest BCUT2D eigenvalue weighted by Crippen LogP contribution is -2.12. The second-order valence-electron chi connectivity index (χ2n) is 4.09. The topological polar surface area (TPSA) is 59.1 Å². The molecular weight excluding hydrogens is 299 g/mol. The Hall–Kier alpha value is -1.91. The molecule has 1 aromatic carbocycles. The number of carbonyl (C=O) groups is 2. The van der Waals surface area contributed by atoms with Crippen LogP contribution in [0.4, 0.5) is 5.69 Å². The highest BCUT2D eigenvalue weighted by atomic mass is 35.5. The Morgan fingerprint density at radius 3 is 2.55 bits per heavy atom. The molecule has 1 aromatic heterocycles. The number of ketones is 1. The van der Waals surface area contributed by atoms with Crippen molar-refractivity contribution in [3.05, 3.63) is 57.8 Å². The third-order valence-corrected chi connectivity index (χ3v) is 3.27. The third kappa shape index (κ3) is 3.35. The van der Waals surface area contributed by atoms with Gasteiger partial charge in [0.25, 0.3) is 5.91 Å². The number of nitrogens with one attached hydrogen (secondary N) is 1. The molecule has 20 heavy (non-hydrogen) atoms. The van der Waals surface area contributed by atoms with Gasteiger partial charge in [0, 0.05) is 17.4 Å². The van der Waals surface area contributed by atoms with Crippen LogP contribution in [0, 0.1) is 0 Å². The highest BCUT2D eigenvalue weighted by Crippen LogP contribution is 2.20. The summed E-state index contributed by atoms with van der Waals surface area (Å²) in [5.41, 5.74) is 1.33. The number of nitrogens with zero attached hydrogens (tertiary/aromatic N) is 1. The molecule has 0 fully saturated rings. The number of Topliss-reactive ketones (excluding diaryl/α,β-unsaturated/α-hetero) is 1. The quantitative estimate of drug-likeness (QED) is 0.692. The Morgan fingerprint density at radius 1 is 1.15 bits per heavy atom. The SMILES string of the molecule is CC(=O)c1cccc(NC(=O)c2cnc(Cl)c(Cl)c2)c1. The largest absolute Gasteiger partial charge is 0.322 e. The van der Waals surface area contributed by atoms with Crippen LogP contribution >= 0.6 is 23.2 Å². The maximum absolute atomic E-state index is 12.0. The van der Waals surface area contributed by atoms with Crippen molar-refractivity contribution in [3.8, 4) is 0 Å². The van der Waals surface area contributed by atoms with Gasteiger partial charge < -0.3 is 5.32 Å². The highest BCUT2D eigenvalue weighted by molar-refractivity contribution is 6.41. The Labute approximate surface area is 125 Å². The van der Waals surface area contributed by atoms with Crippen molar-refractivity contribution in [1.29, 1.82) is 0 Å². The van der Waals surface area contributed by atoms with Gasteiger partial charge in [-0.05, 0) is 25.1 Å². The fourth-order valence-electron chi connectivity index (χ4n) is 1.56. The minimum atomic E-state index is -0.378. The zero-order valence-corrected chi connectivity index (χ0v) is 12.0. The summed E-state index contributed by atoms with van der Waals surface area (Å²) >= 11 is 11.5. The minimum Gasteiger partial charge on any atom is -0.322 e. The van der Waals surface area contributed by atoms with E-state index in [-0.39, 0.29) is 27.4 Å². The molecular formula is C14H10Cl2N2O2. The first-order chi connectivity index (χ1) is 9.47. The number of hydrogen-bond donors (Lipinski definition) is 1. The van der Waals surface area contributed by atoms with Crippen molar-refractivity contribution in [3.63, 3.8) is 0 Å². The number of anilines is 1. The number of aromatic nitrogens is 1. The summed E-state index contributed by atoms with van der Waals surface area (Å²) in [6.07, 6.45) is 1.33. The molecule has 102 valence electrons. The lowest BCUT2D eigenvalue weighted by atomic mass is 10.1. The number of rotatable bonds is 3. The Balaban J connectivity index is 2.21. The highest BCUT2D eigenvalue weighted by Gasteiger charge is 2.10. The van der Waals surface area contributed by atoms with E-state index >= 15 is 0 Å². The summed E-state index contributed by atoms with van der Waals surface area (Å²) < 4.78 is 0. The summed E-state index contributed by atoms with van der Waals surface area (Å²) in [6.45, 7) is 1.46. The summed E-state index contributed by atoms with van der Waals surface area (Å²) in [4.78, 5) is 27.1. The van der Waals surface area contributed by atoms with Gasteiger partial charge in [-0.15, -0.1) is 0 Å². The smallest absolute Gasteiger partial charge is 0.257 e. The van der Waals surface area contributed by atoms with Crippen molar-refractivity contribution < 1.29 is 9.59 Å². The lowest BCUT2D eigenvalue weighted by molar-refractivity contribution is 0.101. The maximum Gasteiger partial charge on any atom is 0.257 e. The molecule has 1 amide bonds. The van der Waals surface area contributed by atoms with E-state index in [4.69, 9.17) is 23.2 Å². The molecule has 0 saturated carbocycles. The van der Waals surface area contributed by atoms with Crippen LogP contribution in [-0.4, -0.2) is 16.7 Å². The summed E-state index contributed by atoms with van der Waals surface area (Å²) in [6, 6.07) is 8.10. The first-order valence-electron chi connectivity index (χ1n) is 5.71. The number of hydrogen-bond acceptors (Lipinski definition) is 3. The van der Waals surface area contributed by atoms with Gasteiger partial charge in [0.2, 0.25) is 0 Å². The third-order valence-electron chi connectivity index (χ3n) is 2.59. The second-order valence-corrected chi connectivity index (χ2v) is 4.85. The van der Waals surface area contributed by atoms with Gasteiger partial charge in [-0.25, -0.2) is 4.98 Å². The molecule has 2 aromatic rings. The summed E-state index contributed by atoms with van der Waals surface area (Å²) in [5.74, 6) is -0.450. The molecule has 0 atom stereocenters. The van der Waals surface area contributed by atoms with E-state index in [0.29, 0.717) is 11.3 Å². The standard InChI is InChI=1S/C14H10Cl2N2O2/c1-8(19)9-3-2-4-11(5-9)18-14(20)10-6-12(15)13(16)17-7-10/h2-7H,1H3,(H,18,20). The number of benzene rings is 1. The first-order valence-corrected chi connectivity index (χ1v) is 6.46. The number of carbonyl (C=O) groups excluding carboxylic acids is 2. The predicted octanol–water partition coefficient (Wildman–Crippen LogP) is 3.84. The second kappa shape index (κ2) is 6.03. The number of pyridine rings is 1. The normalized spacial score (nSPS) is 10.2. The van der Waals surface area contributed by atoms with E-state index in [0.717, 1.165) is 0 Å². The van der Waals surface area contributed by atoms with Crippen LogP contribution in [0.5, 0.6) is 0 Å². The molecule has 2 rings (SSSR count). The predicted molar refractivity (Wildman–Crippen MR) is 78.7 cm³/mol. The molecule has 0 bridgehead atoms. The Morgan fingerprint density at radius 2 is 1.90 bits per heavy atom. The van der Waals surface area contributed by atoms with Crippen LogP contribution in [-0.2, 0) is 0 Å². The zero-order chi connectivity index (χ0) is 14.7. The van der Waals surface area contributed by atoms with Crippen LogP contribution in [0.2, 0.25) is 10.2 Å². The first kappa shape index (κ1) is 14.5. The molecule has 0 aliphatic carbocycles. The van der Waals surface area contributed by atoms with Gasteiger partial charge in [0.1, 0.15) is 5.15 Å². The van der Waals surface area contributed by atoms with Gasteiger partial charge in [0.15, 0.2) is 5.78 Å². The van der Waals surface area contributed by atoms with Gasteiger partial charge in [-0.1, -0.05) is 35.3 Å². The summed E-state index contributed by atoms with van der Waals surface area (Å²) in [7, 11) is 0. The lowest BCUT2D eigenvalue weighted by Gasteiger charge is -2.06. The van der Waals surface area contributed by atoms with Crippen molar-refractivity contribution in [2.75, 3.05) is 5.32 Å². The van der Waals surface area contributed by atoms with Crippen LogP contribution in [0.3, 0.4) is 0 Å². The van der Waals surface area contributed by atoms with Crippen molar-refractivity contribution >= 4 is 40.6 Å². The molecule has 1 N–H and O–H groups in total. The van der Waals surface area contributed by atoms with E-state index in [1.807, 2.05) is 0 Å². The van der Waals surface area contributed by atoms with Crippen LogP contribution in [0.1, 0.15) is 27.6 Å². The molecule has 0 aliphatic rings. The molecule has 4 nitrogen and oxygen atoms in total. The van der Waals surface area contributed by atoms with Gasteiger partial charge in [-0.2, -0.15) is 0 Å². The van der Waals surface area contributed by atoms with Crippen LogP contribution in [0.15, 0.2) is 36.5 Å². The molecule has 1 heterocycles. The fraction of sp³-hybridized carbons (Fsp3) is 0.0714. The van der Waals surface area contributed by atoms with Crippen LogP contribution < -0.4 is 5.32 Å². The van der Waals surface area contributed by atoms with E-state index in [9.17, 15) is 9.59 Å². The maximum atomic E-state index is 12.0. The molecule has 0 radical (unpaired) electrons. The van der Waals surface area contributed by atoms with Crippen LogP contribution in [0.25, 0.3) is 0 Å². The van der Waals surface area contributed by atoms with E-state index in [1.54, 1.807) is 24.3 Å². The average molecular weight is 309 g/mol. The molecule has 0 unspecified atom stereocenters. The molecule has 0 aliphatic heterocycles. The minimum absolute atomic E-state index is 0.0719. The Bertz CT molecular complexity index is 687. The van der Waals surface area contributed by atoms with E-state index in [2.05, 4.69) is 10.3 Å². The van der Waals surface area contributed by atoms with Crippen molar-refractivity contribution in [1.82, 2.24) is 4.98 Å². The van der Waals surface area contributed by atoms with Crippen molar-refractivity contribution in [2.24, 2.45) is 0 Å². The molecule has 0 spiro atoms. The van der Waals surface area contributed by atoms with Gasteiger partial charge in [-0.3, -0.25) is 9.59 Å². The van der Waals surface area contributed by atoms with E-state index < -0.39 is 0 Å². The van der Waals surface area contributed by atoms with Gasteiger partial charge >= 0.3 is 0 Å². The Kier molecular flexibility index (Phi) is 4.37. The average Bonchev–Trinajstić information content (AvgIpc) is 2.42. The fourth-order valence-corrected chi connectivity index (χ4v) is 1.83. The summed E-state index contributed by atoms with van der Waals surface area (Å²) in [5, 5.41) is 3.01. The zero-order valence-electron chi connectivity index (χ0n) is 10.5. The number of halogens is 2. The molecule has 0 saturated heterocycles. The van der Waals surface area contributed by atoms with Crippen molar-refractivity contribution in [2.45, 2.75) is 6.92 Å². The monoisotopic (exact) mass is 308 g/mol.